The van der Waals surface area contributed by atoms with E-state index in [4.69, 9.17) is 27.9 Å². The minimum Gasteiger partial charge on any atom is -0.495 e. The largest absolute Gasteiger partial charge is 0.495 e. The molecule has 6 heteroatoms. The van der Waals surface area contributed by atoms with E-state index in [0.29, 0.717) is 15.8 Å². The Hall–Kier alpha value is -1.75. The molecule has 0 bridgehead atoms. The predicted molar refractivity (Wildman–Crippen MR) is 111 cm³/mol. The Labute approximate surface area is 170 Å². The first-order valence-electron chi connectivity index (χ1n) is 9.08. The van der Waals surface area contributed by atoms with Crippen molar-refractivity contribution in [2.24, 2.45) is 5.92 Å². The molecule has 1 aliphatic heterocycles. The highest BCUT2D eigenvalue weighted by Gasteiger charge is 2.26. The second kappa shape index (κ2) is 8.96. The Balaban J connectivity index is 1.64. The van der Waals surface area contributed by atoms with Crippen LogP contribution in [0.15, 0.2) is 36.4 Å². The maximum absolute atomic E-state index is 12.8. The van der Waals surface area contributed by atoms with Gasteiger partial charge in [-0.05, 0) is 61.7 Å². The van der Waals surface area contributed by atoms with Crippen molar-refractivity contribution in [2.75, 3.05) is 25.5 Å². The molecule has 27 heavy (non-hydrogen) atoms. The molecule has 1 aliphatic rings. The topological polar surface area (TPSA) is 41.6 Å². The minimum absolute atomic E-state index is 0.0396. The quantitative estimate of drug-likeness (QED) is 0.745. The van der Waals surface area contributed by atoms with Crippen LogP contribution < -0.4 is 10.1 Å². The Morgan fingerprint density at radius 3 is 2.78 bits per heavy atom. The molecule has 0 spiro atoms. The van der Waals surface area contributed by atoms with E-state index in [-0.39, 0.29) is 11.8 Å². The number of anilines is 1. The highest BCUT2D eigenvalue weighted by molar-refractivity contribution is 6.42. The van der Waals surface area contributed by atoms with Gasteiger partial charge < -0.3 is 10.1 Å². The van der Waals surface area contributed by atoms with E-state index < -0.39 is 0 Å². The third-order valence-corrected chi connectivity index (χ3v) is 5.62. The van der Waals surface area contributed by atoms with Crippen LogP contribution in [0.1, 0.15) is 24.0 Å². The van der Waals surface area contributed by atoms with Crippen LogP contribution in [0.4, 0.5) is 5.69 Å². The van der Waals surface area contributed by atoms with Crippen molar-refractivity contribution in [1.82, 2.24) is 4.90 Å². The molecule has 1 saturated heterocycles. The molecule has 0 saturated carbocycles. The summed E-state index contributed by atoms with van der Waals surface area (Å²) in [6, 6.07) is 11.5. The van der Waals surface area contributed by atoms with E-state index in [2.05, 4.69) is 10.2 Å². The van der Waals surface area contributed by atoms with Crippen LogP contribution in [0.2, 0.25) is 10.0 Å². The summed E-state index contributed by atoms with van der Waals surface area (Å²) in [7, 11) is 1.61. The molecule has 4 nitrogen and oxygen atoms in total. The maximum Gasteiger partial charge on any atom is 0.228 e. The van der Waals surface area contributed by atoms with Gasteiger partial charge in [0.25, 0.3) is 0 Å². The van der Waals surface area contributed by atoms with Gasteiger partial charge in [-0.2, -0.15) is 0 Å². The second-order valence-corrected chi connectivity index (χ2v) is 7.83. The van der Waals surface area contributed by atoms with Crippen molar-refractivity contribution >= 4 is 34.8 Å². The number of aryl methyl sites for hydroxylation is 1. The van der Waals surface area contributed by atoms with Crippen LogP contribution in [0, 0.1) is 12.8 Å². The average molecular weight is 407 g/mol. The van der Waals surface area contributed by atoms with E-state index in [0.717, 1.165) is 49.3 Å². The molecule has 3 rings (SSSR count). The zero-order valence-corrected chi connectivity index (χ0v) is 17.1. The highest BCUT2D eigenvalue weighted by atomic mass is 35.5. The number of amides is 1. The third kappa shape index (κ3) is 5.16. The van der Waals surface area contributed by atoms with Crippen molar-refractivity contribution in [2.45, 2.75) is 26.3 Å². The number of nitrogens with zero attached hydrogens (tertiary/aromatic N) is 1. The van der Waals surface area contributed by atoms with Crippen molar-refractivity contribution in [3.8, 4) is 5.75 Å². The first-order valence-corrected chi connectivity index (χ1v) is 9.83. The first kappa shape index (κ1) is 20.0. The number of ether oxygens (including phenoxy) is 1. The van der Waals surface area contributed by atoms with Crippen LogP contribution in [0.5, 0.6) is 5.75 Å². The van der Waals surface area contributed by atoms with Gasteiger partial charge >= 0.3 is 0 Å². The zero-order chi connectivity index (χ0) is 19.4. The number of carbonyl (C=O) groups is 1. The minimum atomic E-state index is -0.0493. The normalized spacial score (nSPS) is 17.6. The average Bonchev–Trinajstić information content (AvgIpc) is 2.65. The number of nitrogens with one attached hydrogen (secondary N) is 1. The van der Waals surface area contributed by atoms with E-state index in [1.54, 1.807) is 7.11 Å². The Morgan fingerprint density at radius 1 is 1.22 bits per heavy atom. The van der Waals surface area contributed by atoms with Gasteiger partial charge in [-0.3, -0.25) is 9.69 Å². The monoisotopic (exact) mass is 406 g/mol. The second-order valence-electron chi connectivity index (χ2n) is 7.02. The summed E-state index contributed by atoms with van der Waals surface area (Å²) in [6.45, 7) is 4.45. The molecule has 2 aromatic carbocycles. The molecule has 144 valence electrons. The fourth-order valence-electron chi connectivity index (χ4n) is 3.46. The van der Waals surface area contributed by atoms with Gasteiger partial charge in [-0.15, -0.1) is 0 Å². The molecule has 0 aromatic heterocycles. The van der Waals surface area contributed by atoms with E-state index in [1.807, 2.05) is 43.3 Å². The number of rotatable bonds is 5. The summed E-state index contributed by atoms with van der Waals surface area (Å²) in [5.41, 5.74) is 2.91. The molecule has 0 radical (unpaired) electrons. The molecule has 1 unspecified atom stereocenters. The lowest BCUT2D eigenvalue weighted by Gasteiger charge is -2.32. The fraction of sp³-hybridized carbons (Fsp3) is 0.381. The van der Waals surface area contributed by atoms with Gasteiger partial charge in [-0.25, -0.2) is 0 Å². The molecule has 1 fully saturated rings. The van der Waals surface area contributed by atoms with Gasteiger partial charge in [0.1, 0.15) is 5.75 Å². The van der Waals surface area contributed by atoms with Gasteiger partial charge in [0.05, 0.1) is 28.8 Å². The molecule has 0 aliphatic carbocycles. The Morgan fingerprint density at radius 2 is 2.04 bits per heavy atom. The number of hydrogen-bond donors (Lipinski definition) is 1. The maximum atomic E-state index is 12.8. The van der Waals surface area contributed by atoms with Gasteiger partial charge in [0.2, 0.25) is 5.91 Å². The zero-order valence-electron chi connectivity index (χ0n) is 15.6. The summed E-state index contributed by atoms with van der Waals surface area (Å²) in [4.78, 5) is 15.1. The SMILES string of the molecule is COc1ccc(C)cc1NC(=O)C1CCCN(Cc2ccc(Cl)c(Cl)c2)C1. The number of piperidine rings is 1. The van der Waals surface area contributed by atoms with Crippen LogP contribution in [0.3, 0.4) is 0 Å². The Kier molecular flexibility index (Phi) is 6.64. The summed E-state index contributed by atoms with van der Waals surface area (Å²) in [5.74, 6) is 0.668. The highest BCUT2D eigenvalue weighted by Crippen LogP contribution is 2.28. The molecule has 1 atom stereocenters. The van der Waals surface area contributed by atoms with Gasteiger partial charge in [0.15, 0.2) is 0 Å². The van der Waals surface area contributed by atoms with Crippen LogP contribution in [-0.4, -0.2) is 31.0 Å². The van der Waals surface area contributed by atoms with Crippen molar-refractivity contribution in [3.63, 3.8) is 0 Å². The summed E-state index contributed by atoms with van der Waals surface area (Å²) < 4.78 is 5.36. The number of benzene rings is 2. The number of hydrogen-bond acceptors (Lipinski definition) is 3. The van der Waals surface area contributed by atoms with Gasteiger partial charge in [-0.1, -0.05) is 35.3 Å². The molecule has 1 heterocycles. The van der Waals surface area contributed by atoms with E-state index in [1.165, 1.54) is 0 Å². The van der Waals surface area contributed by atoms with Crippen LogP contribution >= 0.6 is 23.2 Å². The van der Waals surface area contributed by atoms with E-state index in [9.17, 15) is 4.79 Å². The number of carbonyl (C=O) groups excluding carboxylic acids is 1. The lowest BCUT2D eigenvalue weighted by Crippen LogP contribution is -2.40. The fourth-order valence-corrected chi connectivity index (χ4v) is 3.78. The predicted octanol–water partition coefficient (Wildman–Crippen LogP) is 5.16. The van der Waals surface area contributed by atoms with Gasteiger partial charge in [0, 0.05) is 13.1 Å². The summed E-state index contributed by atoms with van der Waals surface area (Å²) in [5, 5.41) is 4.16. The number of halogens is 2. The summed E-state index contributed by atoms with van der Waals surface area (Å²) in [6.07, 6.45) is 1.88. The lowest BCUT2D eigenvalue weighted by molar-refractivity contribution is -0.121. The lowest BCUT2D eigenvalue weighted by atomic mass is 9.96. The molecule has 1 amide bonds. The first-order chi connectivity index (χ1) is 13.0. The van der Waals surface area contributed by atoms with Crippen molar-refractivity contribution < 1.29 is 9.53 Å². The third-order valence-electron chi connectivity index (χ3n) is 4.88. The smallest absolute Gasteiger partial charge is 0.228 e. The molecular formula is C21H24Cl2N2O2. The van der Waals surface area contributed by atoms with Crippen LogP contribution in [0.25, 0.3) is 0 Å². The summed E-state index contributed by atoms with van der Waals surface area (Å²) >= 11 is 12.1. The standard InChI is InChI=1S/C21H24Cl2N2O2/c1-14-5-8-20(27-2)19(10-14)24-21(26)16-4-3-9-25(13-16)12-15-6-7-17(22)18(23)11-15/h5-8,10-11,16H,3-4,9,12-13H2,1-2H3,(H,24,26). The van der Waals surface area contributed by atoms with E-state index >= 15 is 0 Å². The van der Waals surface area contributed by atoms with Crippen molar-refractivity contribution in [3.05, 3.63) is 57.6 Å². The molecule has 1 N–H and O–H groups in total. The Bertz CT molecular complexity index is 826. The number of methoxy groups -OCH3 is 1. The van der Waals surface area contributed by atoms with Crippen molar-refractivity contribution in [1.29, 1.82) is 0 Å². The number of likely N-dealkylation sites (tertiary alicyclic amines) is 1. The molecule has 2 aromatic rings. The molecular weight excluding hydrogens is 383 g/mol. The van der Waals surface area contributed by atoms with Crippen LogP contribution in [-0.2, 0) is 11.3 Å².